The molecule has 2 aliphatic heterocycles. The molecule has 1 aromatic heterocycles. The molecule has 0 aromatic carbocycles. The Morgan fingerprint density at radius 1 is 1.25 bits per heavy atom. The number of carbonyl (C=O) groups is 1. The van der Waals surface area contributed by atoms with Crippen molar-refractivity contribution in [3.8, 4) is 0 Å². The second kappa shape index (κ2) is 6.23. The highest BCUT2D eigenvalue weighted by Crippen LogP contribution is 2.50. The van der Waals surface area contributed by atoms with Crippen molar-refractivity contribution >= 4 is 11.7 Å². The number of likely N-dealkylation sites (tertiary alicyclic amines) is 1. The van der Waals surface area contributed by atoms with Crippen LogP contribution in [0.1, 0.15) is 12.8 Å². The maximum Gasteiger partial charge on any atom is 0.258 e. The van der Waals surface area contributed by atoms with Gasteiger partial charge in [-0.2, -0.15) is 0 Å². The lowest BCUT2D eigenvalue weighted by Crippen LogP contribution is -2.59. The van der Waals surface area contributed by atoms with Crippen molar-refractivity contribution in [1.29, 1.82) is 0 Å². The summed E-state index contributed by atoms with van der Waals surface area (Å²) in [5.41, 5.74) is -1.20. The highest BCUT2D eigenvalue weighted by Gasteiger charge is 2.60. The van der Waals surface area contributed by atoms with Gasteiger partial charge in [-0.3, -0.25) is 9.78 Å². The van der Waals surface area contributed by atoms with Gasteiger partial charge in [-0.1, -0.05) is 0 Å². The van der Waals surface area contributed by atoms with Crippen LogP contribution in [0.15, 0.2) is 18.6 Å². The van der Waals surface area contributed by atoms with Gasteiger partial charge in [0.05, 0.1) is 18.2 Å². The molecule has 0 aliphatic carbocycles. The maximum atomic E-state index is 14.7. The van der Waals surface area contributed by atoms with Crippen LogP contribution in [0.5, 0.6) is 0 Å². The summed E-state index contributed by atoms with van der Waals surface area (Å²) in [4.78, 5) is 25.7. The molecular formula is C16H23F2N5O. The number of hydrogen-bond donors (Lipinski definition) is 0. The fourth-order valence-electron chi connectivity index (χ4n) is 3.63. The first-order chi connectivity index (χ1) is 11.3. The molecule has 1 spiro atoms. The van der Waals surface area contributed by atoms with Crippen LogP contribution in [-0.2, 0) is 4.79 Å². The predicted octanol–water partition coefficient (Wildman–Crippen LogP) is 1.10. The predicted molar refractivity (Wildman–Crippen MR) is 86.0 cm³/mol. The largest absolute Gasteiger partial charge is 0.354 e. The second-order valence-corrected chi connectivity index (χ2v) is 7.02. The van der Waals surface area contributed by atoms with Gasteiger partial charge in [0.25, 0.3) is 5.92 Å². The minimum absolute atomic E-state index is 0.0900. The second-order valence-electron chi connectivity index (χ2n) is 7.02. The average Bonchev–Trinajstić information content (AvgIpc) is 2.96. The lowest BCUT2D eigenvalue weighted by atomic mass is 9.75. The normalized spacial score (nSPS) is 26.4. The molecule has 2 saturated heterocycles. The number of alkyl halides is 2. The average molecular weight is 339 g/mol. The summed E-state index contributed by atoms with van der Waals surface area (Å²) in [6, 6.07) is 0. The fraction of sp³-hybridized carbons (Fsp3) is 0.688. The third-order valence-corrected chi connectivity index (χ3v) is 5.00. The van der Waals surface area contributed by atoms with Gasteiger partial charge in [0, 0.05) is 45.0 Å². The molecule has 0 N–H and O–H groups in total. The number of halogens is 2. The van der Waals surface area contributed by atoms with Crippen molar-refractivity contribution in [2.75, 3.05) is 51.7 Å². The third kappa shape index (κ3) is 3.07. The van der Waals surface area contributed by atoms with Gasteiger partial charge in [0.15, 0.2) is 0 Å². The molecular weight excluding hydrogens is 316 g/mol. The number of nitrogens with zero attached hydrogens (tertiary/aromatic N) is 5. The van der Waals surface area contributed by atoms with E-state index >= 15 is 0 Å². The standard InChI is InChI=1S/C16H23F2N5O/c1-21(2)10-14(24)23-8-4-16(17,18)15(12-23)3-7-22(11-15)13-9-19-5-6-20-13/h5-6,9H,3-4,7-8,10-12H2,1-2H3. The molecule has 1 unspecified atom stereocenters. The number of rotatable bonds is 3. The van der Waals surface area contributed by atoms with Gasteiger partial charge in [-0.25, -0.2) is 13.8 Å². The highest BCUT2D eigenvalue weighted by molar-refractivity contribution is 5.78. The Kier molecular flexibility index (Phi) is 4.42. The van der Waals surface area contributed by atoms with Crippen molar-refractivity contribution in [3.05, 3.63) is 18.6 Å². The molecule has 0 radical (unpaired) electrons. The quantitative estimate of drug-likeness (QED) is 0.826. The molecule has 3 rings (SSSR count). The number of hydrogen-bond acceptors (Lipinski definition) is 5. The van der Waals surface area contributed by atoms with Gasteiger partial charge in [-0.15, -0.1) is 0 Å². The zero-order chi connectivity index (χ0) is 17.4. The molecule has 0 bridgehead atoms. The summed E-state index contributed by atoms with van der Waals surface area (Å²) < 4.78 is 29.5. The maximum absolute atomic E-state index is 14.7. The summed E-state index contributed by atoms with van der Waals surface area (Å²) >= 11 is 0. The van der Waals surface area contributed by atoms with Crippen LogP contribution in [0.4, 0.5) is 14.6 Å². The molecule has 1 aromatic rings. The Hall–Kier alpha value is -1.83. The monoisotopic (exact) mass is 339 g/mol. The van der Waals surface area contributed by atoms with Crippen molar-refractivity contribution in [2.45, 2.75) is 18.8 Å². The van der Waals surface area contributed by atoms with E-state index in [4.69, 9.17) is 0 Å². The molecule has 3 heterocycles. The number of likely N-dealkylation sites (N-methyl/N-ethyl adjacent to an activating group) is 1. The van der Waals surface area contributed by atoms with Crippen LogP contribution in [-0.4, -0.2) is 78.4 Å². The lowest BCUT2D eigenvalue weighted by molar-refractivity contribution is -0.169. The van der Waals surface area contributed by atoms with Crippen molar-refractivity contribution in [3.63, 3.8) is 0 Å². The van der Waals surface area contributed by atoms with E-state index in [1.807, 2.05) is 4.90 Å². The van der Waals surface area contributed by atoms with Crippen LogP contribution in [0, 0.1) is 5.41 Å². The molecule has 24 heavy (non-hydrogen) atoms. The van der Waals surface area contributed by atoms with Gasteiger partial charge >= 0.3 is 0 Å². The zero-order valence-electron chi connectivity index (χ0n) is 14.1. The first-order valence-electron chi connectivity index (χ1n) is 8.14. The molecule has 1 atom stereocenters. The Labute approximate surface area is 140 Å². The molecule has 6 nitrogen and oxygen atoms in total. The van der Waals surface area contributed by atoms with E-state index in [-0.39, 0.29) is 38.5 Å². The van der Waals surface area contributed by atoms with E-state index in [0.717, 1.165) is 0 Å². The molecule has 132 valence electrons. The molecule has 2 aliphatic rings. The van der Waals surface area contributed by atoms with E-state index in [2.05, 4.69) is 9.97 Å². The molecule has 1 amide bonds. The van der Waals surface area contributed by atoms with E-state index in [1.165, 1.54) is 0 Å². The first kappa shape index (κ1) is 17.0. The minimum Gasteiger partial charge on any atom is -0.354 e. The molecule has 8 heteroatoms. The van der Waals surface area contributed by atoms with Gasteiger partial charge in [0.2, 0.25) is 5.91 Å². The summed E-state index contributed by atoms with van der Waals surface area (Å²) in [5.74, 6) is -2.26. The fourth-order valence-corrected chi connectivity index (χ4v) is 3.63. The number of carbonyl (C=O) groups excluding carboxylic acids is 1. The number of aromatic nitrogens is 2. The number of anilines is 1. The zero-order valence-corrected chi connectivity index (χ0v) is 14.1. The van der Waals surface area contributed by atoms with Gasteiger partial charge in [-0.05, 0) is 20.5 Å². The molecule has 2 fully saturated rings. The summed E-state index contributed by atoms with van der Waals surface area (Å²) in [6.07, 6.45) is 4.79. The van der Waals surface area contributed by atoms with Crippen molar-refractivity contribution in [1.82, 2.24) is 19.8 Å². The van der Waals surface area contributed by atoms with Crippen LogP contribution in [0.3, 0.4) is 0 Å². The first-order valence-corrected chi connectivity index (χ1v) is 8.14. The Morgan fingerprint density at radius 2 is 2.04 bits per heavy atom. The third-order valence-electron chi connectivity index (χ3n) is 5.00. The summed E-state index contributed by atoms with van der Waals surface area (Å²) in [7, 11) is 3.61. The van der Waals surface area contributed by atoms with Crippen LogP contribution in [0.2, 0.25) is 0 Å². The summed E-state index contributed by atoms with van der Waals surface area (Å²) in [6.45, 7) is 1.17. The van der Waals surface area contributed by atoms with Crippen molar-refractivity contribution < 1.29 is 13.6 Å². The smallest absolute Gasteiger partial charge is 0.258 e. The minimum atomic E-state index is -2.78. The lowest BCUT2D eigenvalue weighted by Gasteiger charge is -2.46. The highest BCUT2D eigenvalue weighted by atomic mass is 19.3. The van der Waals surface area contributed by atoms with E-state index < -0.39 is 11.3 Å². The van der Waals surface area contributed by atoms with Crippen LogP contribution in [0.25, 0.3) is 0 Å². The SMILES string of the molecule is CN(C)CC(=O)N1CCC(F)(F)C2(CCN(c3cnccn3)C2)C1. The Bertz CT molecular complexity index is 597. The molecule has 0 saturated carbocycles. The Morgan fingerprint density at radius 3 is 2.71 bits per heavy atom. The number of amides is 1. The van der Waals surface area contributed by atoms with E-state index in [0.29, 0.717) is 18.8 Å². The number of piperidine rings is 1. The topological polar surface area (TPSA) is 52.6 Å². The van der Waals surface area contributed by atoms with E-state index in [9.17, 15) is 13.6 Å². The van der Waals surface area contributed by atoms with Crippen LogP contribution < -0.4 is 4.90 Å². The van der Waals surface area contributed by atoms with Crippen molar-refractivity contribution in [2.24, 2.45) is 5.41 Å². The summed E-state index contributed by atoms with van der Waals surface area (Å²) in [5, 5.41) is 0. The van der Waals surface area contributed by atoms with Crippen LogP contribution >= 0.6 is 0 Å². The van der Waals surface area contributed by atoms with Gasteiger partial charge < -0.3 is 14.7 Å². The van der Waals surface area contributed by atoms with Gasteiger partial charge in [0.1, 0.15) is 5.82 Å². The van der Waals surface area contributed by atoms with E-state index in [1.54, 1.807) is 42.5 Å². The Balaban J connectivity index is 1.78.